The number of nitrogens with zero attached hydrogens (tertiary/aromatic N) is 1. The van der Waals surface area contributed by atoms with E-state index in [-0.39, 0.29) is 0 Å². The Kier molecular flexibility index (Phi) is 5.14. The Labute approximate surface area is 263 Å². The fraction of sp³-hybridized carbons (Fsp3) is 0.0233. The van der Waals surface area contributed by atoms with E-state index in [9.17, 15) is 0 Å². The number of rotatable bonds is 3. The van der Waals surface area contributed by atoms with Crippen molar-refractivity contribution < 1.29 is 0 Å². The smallest absolute Gasteiger partial charge is 0.180 e. The second-order valence-electron chi connectivity index (χ2n) is 12.4. The van der Waals surface area contributed by atoms with Crippen LogP contribution in [0.15, 0.2) is 164 Å². The molecule has 10 rings (SSSR count). The summed E-state index contributed by atoms with van der Waals surface area (Å²) in [5.74, 6) is 0. The minimum Gasteiger partial charge on any atom is -0.309 e. The van der Waals surface area contributed by atoms with Crippen LogP contribution in [-0.2, 0) is 6.42 Å². The molecule has 7 aromatic carbocycles. The maximum absolute atomic E-state index is 2.57. The minimum atomic E-state index is -2.53. The van der Waals surface area contributed by atoms with E-state index < -0.39 is 8.07 Å². The zero-order chi connectivity index (χ0) is 29.5. The molecule has 8 aromatic rings. The Morgan fingerprint density at radius 2 is 1.09 bits per heavy atom. The third-order valence-corrected chi connectivity index (χ3v) is 15.2. The lowest BCUT2D eigenvalue weighted by Crippen LogP contribution is -2.72. The third-order valence-electron chi connectivity index (χ3n) is 10.3. The van der Waals surface area contributed by atoms with Crippen LogP contribution in [-0.4, -0.2) is 12.6 Å². The lowest BCUT2D eigenvalue weighted by molar-refractivity contribution is 1.18. The molecule has 0 unspecified atom stereocenters. The molecule has 0 saturated heterocycles. The Hall–Kier alpha value is -5.44. The summed E-state index contributed by atoms with van der Waals surface area (Å²) >= 11 is 0. The standard InChI is InChI=1S/C43H29NSi/c1-3-13-30(14-4-1)44-39-20-10-7-19-36(39)43-38-27-29-23-24-32(28-37(29)33(38)25-26-40(43)44)45(31-15-5-2-6-16-31)41-21-11-8-17-34(41)35-18-9-12-22-42(35)45/h1-26,28H,27H2. The Morgan fingerprint density at radius 3 is 1.84 bits per heavy atom. The summed E-state index contributed by atoms with van der Waals surface area (Å²) in [5, 5.41) is 8.62. The van der Waals surface area contributed by atoms with Gasteiger partial charge in [0.05, 0.1) is 11.0 Å². The van der Waals surface area contributed by atoms with Gasteiger partial charge in [-0.05, 0) is 84.8 Å². The molecule has 0 atom stereocenters. The van der Waals surface area contributed by atoms with Gasteiger partial charge in [0.15, 0.2) is 8.07 Å². The van der Waals surface area contributed by atoms with Crippen molar-refractivity contribution >= 4 is 50.6 Å². The Bertz CT molecular complexity index is 2410. The number of aromatic nitrogens is 1. The van der Waals surface area contributed by atoms with Crippen molar-refractivity contribution in [1.29, 1.82) is 0 Å². The van der Waals surface area contributed by atoms with Gasteiger partial charge < -0.3 is 4.57 Å². The van der Waals surface area contributed by atoms with Crippen molar-refractivity contribution in [1.82, 2.24) is 4.57 Å². The first kappa shape index (κ1) is 24.9. The van der Waals surface area contributed by atoms with Crippen molar-refractivity contribution in [3.63, 3.8) is 0 Å². The average molecular weight is 588 g/mol. The number of hydrogen-bond acceptors (Lipinski definition) is 0. The molecule has 0 saturated carbocycles. The molecule has 0 spiro atoms. The summed E-state index contributed by atoms with van der Waals surface area (Å²) < 4.78 is 2.43. The van der Waals surface area contributed by atoms with Crippen LogP contribution in [0.2, 0.25) is 0 Å². The van der Waals surface area contributed by atoms with Crippen LogP contribution in [0.5, 0.6) is 0 Å². The second-order valence-corrected chi connectivity index (χ2v) is 16.2. The number of hydrogen-bond donors (Lipinski definition) is 0. The van der Waals surface area contributed by atoms with E-state index >= 15 is 0 Å². The summed E-state index contributed by atoms with van der Waals surface area (Å²) in [6, 6.07) is 61.5. The van der Waals surface area contributed by atoms with Gasteiger partial charge in [-0.15, -0.1) is 0 Å². The van der Waals surface area contributed by atoms with E-state index in [2.05, 4.69) is 168 Å². The largest absolute Gasteiger partial charge is 0.309 e. The van der Waals surface area contributed by atoms with E-state index in [0.29, 0.717) is 0 Å². The summed E-state index contributed by atoms with van der Waals surface area (Å²) in [6.45, 7) is 0. The van der Waals surface area contributed by atoms with Crippen LogP contribution in [0.1, 0.15) is 11.1 Å². The van der Waals surface area contributed by atoms with Crippen LogP contribution in [0, 0.1) is 0 Å². The number of para-hydroxylation sites is 2. The van der Waals surface area contributed by atoms with Crippen LogP contribution < -0.4 is 20.7 Å². The topological polar surface area (TPSA) is 4.93 Å². The second kappa shape index (κ2) is 9.28. The van der Waals surface area contributed by atoms with Gasteiger partial charge in [-0.1, -0.05) is 140 Å². The van der Waals surface area contributed by atoms with Gasteiger partial charge in [0.25, 0.3) is 0 Å². The minimum absolute atomic E-state index is 0.956. The normalized spacial score (nSPS) is 13.9. The van der Waals surface area contributed by atoms with Gasteiger partial charge in [0, 0.05) is 16.5 Å². The first-order chi connectivity index (χ1) is 22.3. The summed E-state index contributed by atoms with van der Waals surface area (Å²) in [6.07, 6.45) is 0.956. The van der Waals surface area contributed by atoms with E-state index in [0.717, 1.165) is 6.42 Å². The van der Waals surface area contributed by atoms with Crippen LogP contribution in [0.4, 0.5) is 0 Å². The molecule has 2 heteroatoms. The average Bonchev–Trinajstić information content (AvgIpc) is 3.75. The predicted molar refractivity (Wildman–Crippen MR) is 192 cm³/mol. The zero-order valence-corrected chi connectivity index (χ0v) is 25.7. The Balaban J connectivity index is 1.25. The van der Waals surface area contributed by atoms with E-state index in [1.807, 2.05) is 0 Å². The van der Waals surface area contributed by atoms with E-state index in [1.165, 1.54) is 81.6 Å². The quantitative estimate of drug-likeness (QED) is 0.187. The highest BCUT2D eigenvalue weighted by Crippen LogP contribution is 2.44. The van der Waals surface area contributed by atoms with Crippen LogP contribution in [0.25, 0.3) is 49.7 Å². The first-order valence-corrected chi connectivity index (χ1v) is 17.8. The molecule has 1 nitrogen and oxygen atoms in total. The van der Waals surface area contributed by atoms with E-state index in [1.54, 1.807) is 0 Å². The molecule has 210 valence electrons. The molecule has 1 aliphatic carbocycles. The van der Waals surface area contributed by atoms with Crippen molar-refractivity contribution in [3.8, 4) is 27.9 Å². The molecule has 2 aliphatic rings. The van der Waals surface area contributed by atoms with Gasteiger partial charge in [0.2, 0.25) is 0 Å². The molecule has 1 aromatic heterocycles. The predicted octanol–water partition coefficient (Wildman–Crippen LogP) is 7.71. The lowest BCUT2D eigenvalue weighted by atomic mass is 10.0. The molecule has 1 aliphatic heterocycles. The monoisotopic (exact) mass is 587 g/mol. The zero-order valence-electron chi connectivity index (χ0n) is 24.7. The van der Waals surface area contributed by atoms with Crippen LogP contribution >= 0.6 is 0 Å². The van der Waals surface area contributed by atoms with Gasteiger partial charge in [0.1, 0.15) is 0 Å². The molecule has 0 amide bonds. The van der Waals surface area contributed by atoms with Crippen LogP contribution in [0.3, 0.4) is 0 Å². The molecular formula is C43H29NSi. The number of fused-ring (bicyclic) bond motifs is 10. The van der Waals surface area contributed by atoms with Crippen molar-refractivity contribution in [2.75, 3.05) is 0 Å². The fourth-order valence-corrected chi connectivity index (χ4v) is 13.7. The van der Waals surface area contributed by atoms with E-state index in [4.69, 9.17) is 0 Å². The highest BCUT2D eigenvalue weighted by molar-refractivity contribution is 7.22. The summed E-state index contributed by atoms with van der Waals surface area (Å²) in [7, 11) is -2.53. The SMILES string of the molecule is c1ccc(-n2c3ccccc3c3c4c(ccc32)-c2cc([Si]3(c5ccccc5)c5ccccc5-c5ccccc53)ccc2C4)cc1. The summed E-state index contributed by atoms with van der Waals surface area (Å²) in [4.78, 5) is 0. The van der Waals surface area contributed by atoms with Gasteiger partial charge >= 0.3 is 0 Å². The Morgan fingerprint density at radius 1 is 0.444 bits per heavy atom. The van der Waals surface area contributed by atoms with Gasteiger partial charge in [-0.2, -0.15) is 0 Å². The molecular weight excluding hydrogens is 559 g/mol. The molecule has 0 radical (unpaired) electrons. The molecule has 0 bridgehead atoms. The molecule has 0 N–H and O–H groups in total. The number of benzene rings is 7. The fourth-order valence-electron chi connectivity index (χ4n) is 8.54. The van der Waals surface area contributed by atoms with Crippen molar-refractivity contribution in [2.45, 2.75) is 6.42 Å². The maximum atomic E-state index is 2.57. The van der Waals surface area contributed by atoms with Gasteiger partial charge in [-0.3, -0.25) is 0 Å². The van der Waals surface area contributed by atoms with Crippen molar-refractivity contribution in [3.05, 3.63) is 175 Å². The third kappa shape index (κ3) is 3.27. The highest BCUT2D eigenvalue weighted by Gasteiger charge is 2.48. The molecule has 45 heavy (non-hydrogen) atoms. The summed E-state index contributed by atoms with van der Waals surface area (Å²) in [5.41, 5.74) is 12.2. The van der Waals surface area contributed by atoms with Gasteiger partial charge in [-0.25, -0.2) is 0 Å². The highest BCUT2D eigenvalue weighted by atomic mass is 28.3. The maximum Gasteiger partial charge on any atom is 0.180 e. The lowest BCUT2D eigenvalue weighted by Gasteiger charge is -2.31. The molecule has 2 heterocycles. The molecule has 0 fully saturated rings. The van der Waals surface area contributed by atoms with Crippen molar-refractivity contribution in [2.24, 2.45) is 0 Å². The first-order valence-electron chi connectivity index (χ1n) is 15.8.